The van der Waals surface area contributed by atoms with Crippen LogP contribution in [0.1, 0.15) is 18.9 Å². The highest BCUT2D eigenvalue weighted by Crippen LogP contribution is 2.17. The van der Waals surface area contributed by atoms with Crippen LogP contribution in [0.15, 0.2) is 18.2 Å². The van der Waals surface area contributed by atoms with Gasteiger partial charge in [-0.2, -0.15) is 5.26 Å². The highest BCUT2D eigenvalue weighted by molar-refractivity contribution is 5.57. The van der Waals surface area contributed by atoms with Crippen LogP contribution in [-0.2, 0) is 0 Å². The molecule has 1 unspecified atom stereocenters. The van der Waals surface area contributed by atoms with E-state index in [9.17, 15) is 4.39 Å². The molecule has 3 N–H and O–H groups in total. The largest absolute Gasteiger partial charge is 0.380 e. The van der Waals surface area contributed by atoms with E-state index in [0.717, 1.165) is 6.42 Å². The summed E-state index contributed by atoms with van der Waals surface area (Å²) in [6, 6.07) is 6.16. The Morgan fingerprint density at radius 1 is 1.60 bits per heavy atom. The van der Waals surface area contributed by atoms with Gasteiger partial charge in [0.25, 0.3) is 0 Å². The van der Waals surface area contributed by atoms with Gasteiger partial charge in [0.15, 0.2) is 0 Å². The second-order valence-corrected chi connectivity index (χ2v) is 3.29. The molecule has 80 valence electrons. The van der Waals surface area contributed by atoms with Crippen LogP contribution in [-0.4, -0.2) is 12.6 Å². The number of nitrogens with one attached hydrogen (secondary N) is 1. The molecule has 1 aromatic rings. The van der Waals surface area contributed by atoms with Crippen molar-refractivity contribution in [3.05, 3.63) is 29.6 Å². The normalized spacial score (nSPS) is 11.9. The average Bonchev–Trinajstić information content (AvgIpc) is 2.27. The standard InChI is InChI=1S/C11H14FN3/c1-2-10(7-14)15-11-4-3-9(12)5-8(11)6-13/h3-5,10,15H,2,7,14H2,1H3. The number of nitrogens with zero attached hydrogens (tertiary/aromatic N) is 1. The Morgan fingerprint density at radius 3 is 2.87 bits per heavy atom. The molecule has 4 heteroatoms. The van der Waals surface area contributed by atoms with E-state index in [1.165, 1.54) is 12.1 Å². The quantitative estimate of drug-likeness (QED) is 0.792. The van der Waals surface area contributed by atoms with Crippen molar-refractivity contribution in [2.24, 2.45) is 5.73 Å². The minimum absolute atomic E-state index is 0.113. The lowest BCUT2D eigenvalue weighted by Gasteiger charge is -2.16. The fourth-order valence-corrected chi connectivity index (χ4v) is 1.28. The lowest BCUT2D eigenvalue weighted by Crippen LogP contribution is -2.28. The van der Waals surface area contributed by atoms with E-state index >= 15 is 0 Å². The van der Waals surface area contributed by atoms with Crippen LogP contribution >= 0.6 is 0 Å². The summed E-state index contributed by atoms with van der Waals surface area (Å²) in [5, 5.41) is 11.9. The van der Waals surface area contributed by atoms with E-state index in [0.29, 0.717) is 17.8 Å². The lowest BCUT2D eigenvalue weighted by atomic mass is 10.1. The minimum atomic E-state index is -0.405. The van der Waals surface area contributed by atoms with Gasteiger partial charge in [-0.25, -0.2) is 4.39 Å². The molecule has 0 aliphatic rings. The second kappa shape index (κ2) is 5.32. The molecule has 0 saturated carbocycles. The number of rotatable bonds is 4. The Kier molecular flexibility index (Phi) is 4.07. The Labute approximate surface area is 88.7 Å². The van der Waals surface area contributed by atoms with E-state index in [1.807, 2.05) is 13.0 Å². The summed E-state index contributed by atoms with van der Waals surface area (Å²) in [6.07, 6.45) is 0.860. The van der Waals surface area contributed by atoms with Gasteiger partial charge in [-0.15, -0.1) is 0 Å². The van der Waals surface area contributed by atoms with Gasteiger partial charge < -0.3 is 11.1 Å². The van der Waals surface area contributed by atoms with E-state index in [1.54, 1.807) is 6.07 Å². The summed E-state index contributed by atoms with van der Waals surface area (Å²) in [5.41, 5.74) is 6.48. The molecular weight excluding hydrogens is 193 g/mol. The molecule has 1 rings (SSSR count). The van der Waals surface area contributed by atoms with Crippen LogP contribution < -0.4 is 11.1 Å². The molecule has 0 heterocycles. The van der Waals surface area contributed by atoms with Gasteiger partial charge in [0.2, 0.25) is 0 Å². The molecule has 0 aliphatic heterocycles. The van der Waals surface area contributed by atoms with Gasteiger partial charge >= 0.3 is 0 Å². The predicted octanol–water partition coefficient (Wildman–Crippen LogP) is 1.85. The van der Waals surface area contributed by atoms with Crippen molar-refractivity contribution >= 4 is 5.69 Å². The van der Waals surface area contributed by atoms with E-state index in [4.69, 9.17) is 11.0 Å². The maximum atomic E-state index is 12.8. The van der Waals surface area contributed by atoms with Crippen LogP contribution in [0.3, 0.4) is 0 Å². The Morgan fingerprint density at radius 2 is 2.33 bits per heavy atom. The van der Waals surface area contributed by atoms with Crippen molar-refractivity contribution in [3.8, 4) is 6.07 Å². The predicted molar refractivity (Wildman–Crippen MR) is 57.9 cm³/mol. The summed E-state index contributed by atoms with van der Waals surface area (Å²) in [5.74, 6) is -0.405. The highest BCUT2D eigenvalue weighted by Gasteiger charge is 2.07. The fraction of sp³-hybridized carbons (Fsp3) is 0.364. The van der Waals surface area contributed by atoms with Crippen molar-refractivity contribution in [1.82, 2.24) is 0 Å². The first-order valence-corrected chi connectivity index (χ1v) is 4.87. The number of nitrogens with two attached hydrogens (primary N) is 1. The molecule has 3 nitrogen and oxygen atoms in total. The van der Waals surface area contributed by atoms with E-state index < -0.39 is 5.82 Å². The van der Waals surface area contributed by atoms with Gasteiger partial charge in [-0.3, -0.25) is 0 Å². The van der Waals surface area contributed by atoms with Gasteiger partial charge in [0.05, 0.1) is 11.3 Å². The van der Waals surface area contributed by atoms with E-state index in [-0.39, 0.29) is 6.04 Å². The van der Waals surface area contributed by atoms with Crippen molar-refractivity contribution in [2.45, 2.75) is 19.4 Å². The number of nitriles is 1. The minimum Gasteiger partial charge on any atom is -0.380 e. The third kappa shape index (κ3) is 2.93. The van der Waals surface area contributed by atoms with Crippen LogP contribution in [0.4, 0.5) is 10.1 Å². The molecule has 1 atom stereocenters. The third-order valence-corrected chi connectivity index (χ3v) is 2.24. The first kappa shape index (κ1) is 11.5. The molecule has 15 heavy (non-hydrogen) atoms. The molecule has 0 aliphatic carbocycles. The first-order chi connectivity index (χ1) is 7.21. The zero-order chi connectivity index (χ0) is 11.3. The molecule has 1 aromatic carbocycles. The Hall–Kier alpha value is -1.60. The smallest absolute Gasteiger partial charge is 0.124 e. The second-order valence-electron chi connectivity index (χ2n) is 3.29. The van der Waals surface area contributed by atoms with Gasteiger partial charge in [-0.05, 0) is 24.6 Å². The Balaban J connectivity index is 2.90. The zero-order valence-corrected chi connectivity index (χ0v) is 8.63. The topological polar surface area (TPSA) is 61.8 Å². The number of hydrogen-bond donors (Lipinski definition) is 2. The zero-order valence-electron chi connectivity index (χ0n) is 8.63. The summed E-state index contributed by atoms with van der Waals surface area (Å²) in [4.78, 5) is 0. The summed E-state index contributed by atoms with van der Waals surface area (Å²) >= 11 is 0. The third-order valence-electron chi connectivity index (χ3n) is 2.24. The van der Waals surface area contributed by atoms with Crippen molar-refractivity contribution in [3.63, 3.8) is 0 Å². The molecule has 0 spiro atoms. The summed E-state index contributed by atoms with van der Waals surface area (Å²) in [7, 11) is 0. The van der Waals surface area contributed by atoms with Crippen LogP contribution in [0.25, 0.3) is 0 Å². The maximum absolute atomic E-state index is 12.8. The van der Waals surface area contributed by atoms with Crippen molar-refractivity contribution in [2.75, 3.05) is 11.9 Å². The van der Waals surface area contributed by atoms with Crippen LogP contribution in [0.5, 0.6) is 0 Å². The number of halogens is 1. The van der Waals surface area contributed by atoms with Gasteiger partial charge in [-0.1, -0.05) is 6.92 Å². The summed E-state index contributed by atoms with van der Waals surface area (Å²) < 4.78 is 12.8. The van der Waals surface area contributed by atoms with Gasteiger partial charge in [0.1, 0.15) is 11.9 Å². The molecule has 0 saturated heterocycles. The SMILES string of the molecule is CCC(CN)Nc1ccc(F)cc1C#N. The molecule has 0 fully saturated rings. The Bertz CT molecular complexity index is 367. The van der Waals surface area contributed by atoms with Crippen LogP contribution in [0.2, 0.25) is 0 Å². The highest BCUT2D eigenvalue weighted by atomic mass is 19.1. The molecular formula is C11H14FN3. The molecule has 0 radical (unpaired) electrons. The number of anilines is 1. The lowest BCUT2D eigenvalue weighted by molar-refractivity contribution is 0.627. The van der Waals surface area contributed by atoms with Gasteiger partial charge in [0, 0.05) is 12.6 Å². The maximum Gasteiger partial charge on any atom is 0.124 e. The number of hydrogen-bond acceptors (Lipinski definition) is 3. The number of benzene rings is 1. The molecule has 0 amide bonds. The average molecular weight is 207 g/mol. The van der Waals surface area contributed by atoms with Crippen LogP contribution in [0, 0.1) is 17.1 Å². The molecule has 0 aromatic heterocycles. The fourth-order valence-electron chi connectivity index (χ4n) is 1.28. The molecule has 0 bridgehead atoms. The summed E-state index contributed by atoms with van der Waals surface area (Å²) in [6.45, 7) is 2.48. The van der Waals surface area contributed by atoms with E-state index in [2.05, 4.69) is 5.32 Å². The van der Waals surface area contributed by atoms with Crippen molar-refractivity contribution < 1.29 is 4.39 Å². The first-order valence-electron chi connectivity index (χ1n) is 4.87. The monoisotopic (exact) mass is 207 g/mol. The van der Waals surface area contributed by atoms with Crippen molar-refractivity contribution in [1.29, 1.82) is 5.26 Å².